The van der Waals surface area contributed by atoms with E-state index in [-0.39, 0.29) is 18.3 Å². The van der Waals surface area contributed by atoms with E-state index in [1.165, 1.54) is 0 Å². The molecule has 1 fully saturated rings. The molecule has 1 aromatic rings. The van der Waals surface area contributed by atoms with E-state index in [4.69, 9.17) is 14.0 Å². The van der Waals surface area contributed by atoms with Gasteiger partial charge in [0.15, 0.2) is 0 Å². The molecule has 2 rings (SSSR count). The fourth-order valence-electron chi connectivity index (χ4n) is 1.64. The van der Waals surface area contributed by atoms with E-state index in [9.17, 15) is 4.79 Å². The van der Waals surface area contributed by atoms with Crippen LogP contribution in [0.4, 0.5) is 0 Å². The fraction of sp³-hybridized carbons (Fsp3) is 0.727. The molecule has 0 radical (unpaired) electrons. The summed E-state index contributed by atoms with van der Waals surface area (Å²) in [6, 6.07) is 0. The third-order valence-corrected chi connectivity index (χ3v) is 2.46. The van der Waals surface area contributed by atoms with Gasteiger partial charge in [0.1, 0.15) is 11.9 Å². The van der Waals surface area contributed by atoms with Gasteiger partial charge in [0.2, 0.25) is 11.7 Å². The van der Waals surface area contributed by atoms with Gasteiger partial charge in [0.05, 0.1) is 26.2 Å². The molecule has 0 saturated carbocycles. The number of ketones is 1. The Kier molecular flexibility index (Phi) is 4.22. The van der Waals surface area contributed by atoms with E-state index in [1.54, 1.807) is 0 Å². The molecule has 0 bridgehead atoms. The van der Waals surface area contributed by atoms with Gasteiger partial charge >= 0.3 is 0 Å². The Balaban J connectivity index is 1.93. The lowest BCUT2D eigenvalue weighted by molar-refractivity contribution is -0.118. The zero-order chi connectivity index (χ0) is 12.1. The predicted molar refractivity (Wildman–Crippen MR) is 57.4 cm³/mol. The number of hydrogen-bond acceptors (Lipinski definition) is 6. The Bertz CT molecular complexity index is 371. The molecule has 94 valence electrons. The van der Waals surface area contributed by atoms with Crippen LogP contribution in [0.1, 0.15) is 37.6 Å². The van der Waals surface area contributed by atoms with Crippen molar-refractivity contribution >= 4 is 5.78 Å². The lowest BCUT2D eigenvalue weighted by Gasteiger charge is -2.19. The van der Waals surface area contributed by atoms with Crippen LogP contribution in [0.25, 0.3) is 0 Å². The zero-order valence-electron chi connectivity index (χ0n) is 9.85. The van der Waals surface area contributed by atoms with Gasteiger partial charge in [0.25, 0.3) is 0 Å². The van der Waals surface area contributed by atoms with Crippen LogP contribution in [0.3, 0.4) is 0 Å². The standard InChI is InChI=1S/C11H16N2O4/c1-2-3-8(14)6-10-12-11(13-17-10)9-7-15-4-5-16-9/h9H,2-7H2,1H3. The number of Topliss-reactive ketones (excluding diaryl/α,β-unsaturated/α-hetero) is 1. The maximum atomic E-state index is 11.4. The van der Waals surface area contributed by atoms with Crippen molar-refractivity contribution in [3.63, 3.8) is 0 Å². The fourth-order valence-corrected chi connectivity index (χ4v) is 1.64. The Morgan fingerprint density at radius 2 is 2.35 bits per heavy atom. The van der Waals surface area contributed by atoms with Crippen molar-refractivity contribution in [2.24, 2.45) is 0 Å². The molecule has 1 unspecified atom stereocenters. The maximum absolute atomic E-state index is 11.4. The molecule has 2 heterocycles. The van der Waals surface area contributed by atoms with Crippen molar-refractivity contribution in [3.05, 3.63) is 11.7 Å². The zero-order valence-corrected chi connectivity index (χ0v) is 9.85. The van der Waals surface area contributed by atoms with Crippen molar-refractivity contribution in [1.29, 1.82) is 0 Å². The first-order valence-electron chi connectivity index (χ1n) is 5.83. The summed E-state index contributed by atoms with van der Waals surface area (Å²) in [4.78, 5) is 15.6. The molecule has 1 aromatic heterocycles. The third kappa shape index (κ3) is 3.34. The predicted octanol–water partition coefficient (Wildman–Crippen LogP) is 1.07. The number of rotatable bonds is 5. The number of carbonyl (C=O) groups excluding carboxylic acids is 1. The van der Waals surface area contributed by atoms with E-state index in [2.05, 4.69) is 10.1 Å². The van der Waals surface area contributed by atoms with Crippen LogP contribution < -0.4 is 0 Å². The van der Waals surface area contributed by atoms with E-state index >= 15 is 0 Å². The molecule has 1 aliphatic heterocycles. The second-order valence-corrected chi connectivity index (χ2v) is 3.95. The number of aromatic nitrogens is 2. The maximum Gasteiger partial charge on any atom is 0.234 e. The summed E-state index contributed by atoms with van der Waals surface area (Å²) in [5.74, 6) is 0.931. The van der Waals surface area contributed by atoms with Crippen molar-refractivity contribution < 1.29 is 18.8 Å². The van der Waals surface area contributed by atoms with E-state index in [0.29, 0.717) is 38.0 Å². The first-order chi connectivity index (χ1) is 8.29. The second-order valence-electron chi connectivity index (χ2n) is 3.95. The van der Waals surface area contributed by atoms with E-state index in [1.807, 2.05) is 6.92 Å². The molecule has 0 amide bonds. The minimum Gasteiger partial charge on any atom is -0.376 e. The van der Waals surface area contributed by atoms with Crippen molar-refractivity contribution in [2.45, 2.75) is 32.3 Å². The molecule has 1 saturated heterocycles. The monoisotopic (exact) mass is 240 g/mol. The molecule has 1 aliphatic rings. The number of carbonyl (C=O) groups is 1. The highest BCUT2D eigenvalue weighted by atomic mass is 16.6. The lowest BCUT2D eigenvalue weighted by atomic mass is 10.2. The first kappa shape index (κ1) is 12.2. The lowest BCUT2D eigenvalue weighted by Crippen LogP contribution is -2.22. The Labute approximate surface area is 99.3 Å². The Morgan fingerprint density at radius 3 is 3.06 bits per heavy atom. The van der Waals surface area contributed by atoms with Crippen LogP contribution in [0, 0.1) is 0 Å². The number of nitrogens with zero attached hydrogens (tertiary/aromatic N) is 2. The van der Waals surface area contributed by atoms with Crippen LogP contribution in [-0.4, -0.2) is 35.7 Å². The Hall–Kier alpha value is -1.27. The largest absolute Gasteiger partial charge is 0.376 e. The highest BCUT2D eigenvalue weighted by Gasteiger charge is 2.22. The molecular weight excluding hydrogens is 224 g/mol. The second kappa shape index (κ2) is 5.88. The summed E-state index contributed by atoms with van der Waals surface area (Å²) in [5.41, 5.74) is 0. The van der Waals surface area contributed by atoms with Crippen molar-refractivity contribution in [2.75, 3.05) is 19.8 Å². The average Bonchev–Trinajstić information content (AvgIpc) is 2.79. The first-order valence-corrected chi connectivity index (χ1v) is 5.83. The van der Waals surface area contributed by atoms with Gasteiger partial charge in [-0.05, 0) is 6.42 Å². The topological polar surface area (TPSA) is 74.5 Å². The molecule has 0 aliphatic carbocycles. The van der Waals surface area contributed by atoms with Crippen LogP contribution in [0.2, 0.25) is 0 Å². The summed E-state index contributed by atoms with van der Waals surface area (Å²) in [5, 5.41) is 3.81. The van der Waals surface area contributed by atoms with Gasteiger partial charge in [-0.25, -0.2) is 0 Å². The summed E-state index contributed by atoms with van der Waals surface area (Å²) < 4.78 is 15.7. The molecule has 0 N–H and O–H groups in total. The van der Waals surface area contributed by atoms with Gasteiger partial charge in [0, 0.05) is 6.42 Å². The van der Waals surface area contributed by atoms with Gasteiger partial charge in [-0.15, -0.1) is 0 Å². The normalized spacial score (nSPS) is 20.4. The molecular formula is C11H16N2O4. The van der Waals surface area contributed by atoms with E-state index < -0.39 is 0 Å². The smallest absolute Gasteiger partial charge is 0.234 e. The number of hydrogen-bond donors (Lipinski definition) is 0. The minimum absolute atomic E-state index is 0.114. The molecule has 6 nitrogen and oxygen atoms in total. The van der Waals surface area contributed by atoms with Crippen molar-refractivity contribution in [3.8, 4) is 0 Å². The molecule has 0 spiro atoms. The molecule has 0 aromatic carbocycles. The van der Waals surface area contributed by atoms with Gasteiger partial charge in [-0.1, -0.05) is 12.1 Å². The summed E-state index contributed by atoms with van der Waals surface area (Å²) in [6.07, 6.45) is 1.30. The van der Waals surface area contributed by atoms with Gasteiger partial charge in [-0.2, -0.15) is 4.98 Å². The van der Waals surface area contributed by atoms with Crippen LogP contribution in [0.5, 0.6) is 0 Å². The van der Waals surface area contributed by atoms with Gasteiger partial charge < -0.3 is 14.0 Å². The quantitative estimate of drug-likeness (QED) is 0.766. The summed E-state index contributed by atoms with van der Waals surface area (Å²) in [7, 11) is 0. The summed E-state index contributed by atoms with van der Waals surface area (Å²) in [6.45, 7) is 3.52. The van der Waals surface area contributed by atoms with Crippen molar-refractivity contribution in [1.82, 2.24) is 10.1 Å². The van der Waals surface area contributed by atoms with Crippen LogP contribution >= 0.6 is 0 Å². The van der Waals surface area contributed by atoms with Crippen LogP contribution in [-0.2, 0) is 20.7 Å². The average molecular weight is 240 g/mol. The molecule has 1 atom stereocenters. The number of ether oxygens (including phenoxy) is 2. The third-order valence-electron chi connectivity index (χ3n) is 2.46. The highest BCUT2D eigenvalue weighted by molar-refractivity contribution is 5.79. The minimum atomic E-state index is -0.275. The summed E-state index contributed by atoms with van der Waals surface area (Å²) >= 11 is 0. The SMILES string of the molecule is CCCC(=O)Cc1nc(C2COCCO2)no1. The van der Waals surface area contributed by atoms with Crippen LogP contribution in [0.15, 0.2) is 4.52 Å². The molecule has 6 heteroatoms. The Morgan fingerprint density at radius 1 is 1.47 bits per heavy atom. The van der Waals surface area contributed by atoms with E-state index in [0.717, 1.165) is 6.42 Å². The molecule has 17 heavy (non-hydrogen) atoms. The highest BCUT2D eigenvalue weighted by Crippen LogP contribution is 2.17. The van der Waals surface area contributed by atoms with Gasteiger partial charge in [-0.3, -0.25) is 4.79 Å².